The van der Waals surface area contributed by atoms with E-state index in [9.17, 15) is 14.7 Å². The molecule has 2 aliphatic rings. The number of nitrogens with zero attached hydrogens (tertiary/aromatic N) is 3. The van der Waals surface area contributed by atoms with E-state index in [0.29, 0.717) is 5.69 Å². The summed E-state index contributed by atoms with van der Waals surface area (Å²) in [6.45, 7) is 5.23. The molecule has 2 fully saturated rings. The molecule has 1 unspecified atom stereocenters. The van der Waals surface area contributed by atoms with Gasteiger partial charge in [-0.3, -0.25) is 14.5 Å². The van der Waals surface area contributed by atoms with E-state index in [2.05, 4.69) is 16.8 Å². The molecule has 1 aromatic carbocycles. The Bertz CT molecular complexity index is 609. The maximum atomic E-state index is 12.7. The van der Waals surface area contributed by atoms with Gasteiger partial charge in [0.1, 0.15) is 5.75 Å². The van der Waals surface area contributed by atoms with Crippen LogP contribution in [0.25, 0.3) is 0 Å². The second-order valence-electron chi connectivity index (χ2n) is 6.10. The lowest BCUT2D eigenvalue weighted by atomic mass is 10.1. The van der Waals surface area contributed by atoms with Crippen LogP contribution < -0.4 is 4.90 Å². The minimum absolute atomic E-state index is 0.135. The average Bonchev–Trinajstić information content (AvgIpc) is 2.76. The number of phenolic OH excluding ortho intramolecular Hbond substituents is 1. The molecule has 0 aromatic heterocycles. The first-order chi connectivity index (χ1) is 10.5. The molecular weight excluding hydrogens is 282 g/mol. The highest BCUT2D eigenvalue weighted by atomic mass is 16.3. The van der Waals surface area contributed by atoms with Crippen molar-refractivity contribution in [3.05, 3.63) is 23.8 Å². The van der Waals surface area contributed by atoms with Crippen molar-refractivity contribution in [2.45, 2.75) is 19.4 Å². The molecule has 6 nitrogen and oxygen atoms in total. The van der Waals surface area contributed by atoms with Crippen molar-refractivity contribution in [2.24, 2.45) is 0 Å². The number of hydrogen-bond donors (Lipinski definition) is 1. The van der Waals surface area contributed by atoms with Crippen LogP contribution in [-0.2, 0) is 9.59 Å². The topological polar surface area (TPSA) is 64.1 Å². The van der Waals surface area contributed by atoms with Crippen LogP contribution in [0.5, 0.6) is 5.75 Å². The van der Waals surface area contributed by atoms with Crippen molar-refractivity contribution in [2.75, 3.05) is 38.1 Å². The van der Waals surface area contributed by atoms with Gasteiger partial charge in [-0.2, -0.15) is 0 Å². The monoisotopic (exact) mass is 303 g/mol. The Labute approximate surface area is 129 Å². The molecule has 0 spiro atoms. The second-order valence-corrected chi connectivity index (χ2v) is 6.10. The number of likely N-dealkylation sites (N-methyl/N-ethyl adjacent to an activating group) is 1. The first kappa shape index (κ1) is 15.0. The van der Waals surface area contributed by atoms with Crippen molar-refractivity contribution in [1.82, 2.24) is 9.80 Å². The first-order valence-corrected chi connectivity index (χ1v) is 7.56. The number of carbonyl (C=O) groups is 2. The normalized spacial score (nSPS) is 24.3. The highest BCUT2D eigenvalue weighted by Gasteiger charge is 2.43. The van der Waals surface area contributed by atoms with E-state index < -0.39 is 0 Å². The molecule has 0 bridgehead atoms. The number of piperazine rings is 1. The zero-order chi connectivity index (χ0) is 15.9. The van der Waals surface area contributed by atoms with Crippen LogP contribution in [0.1, 0.15) is 12.0 Å². The highest BCUT2D eigenvalue weighted by molar-refractivity contribution is 6.22. The number of phenols is 1. The average molecular weight is 303 g/mol. The molecule has 0 saturated carbocycles. The van der Waals surface area contributed by atoms with Crippen molar-refractivity contribution < 1.29 is 14.7 Å². The Hall–Kier alpha value is -1.92. The number of carbonyl (C=O) groups excluding carboxylic acids is 2. The van der Waals surface area contributed by atoms with Gasteiger partial charge in [0.05, 0.1) is 18.2 Å². The van der Waals surface area contributed by atoms with Gasteiger partial charge in [0.15, 0.2) is 0 Å². The fourth-order valence-corrected chi connectivity index (χ4v) is 3.18. The molecule has 2 amide bonds. The van der Waals surface area contributed by atoms with Gasteiger partial charge in [-0.25, -0.2) is 4.90 Å². The molecule has 2 heterocycles. The molecule has 6 heteroatoms. The van der Waals surface area contributed by atoms with Gasteiger partial charge in [-0.05, 0) is 37.7 Å². The Balaban J connectivity index is 1.82. The zero-order valence-corrected chi connectivity index (χ0v) is 13.0. The fourth-order valence-electron chi connectivity index (χ4n) is 3.18. The molecule has 0 radical (unpaired) electrons. The Morgan fingerprint density at radius 2 is 1.82 bits per heavy atom. The Morgan fingerprint density at radius 3 is 2.45 bits per heavy atom. The predicted molar refractivity (Wildman–Crippen MR) is 82.8 cm³/mol. The Morgan fingerprint density at radius 1 is 1.14 bits per heavy atom. The van der Waals surface area contributed by atoms with Gasteiger partial charge in [-0.1, -0.05) is 0 Å². The van der Waals surface area contributed by atoms with E-state index in [1.165, 1.54) is 11.0 Å². The van der Waals surface area contributed by atoms with Crippen molar-refractivity contribution in [3.63, 3.8) is 0 Å². The van der Waals surface area contributed by atoms with Crippen LogP contribution in [-0.4, -0.2) is 66.0 Å². The summed E-state index contributed by atoms with van der Waals surface area (Å²) in [5.41, 5.74) is 1.30. The van der Waals surface area contributed by atoms with E-state index >= 15 is 0 Å². The summed E-state index contributed by atoms with van der Waals surface area (Å²) < 4.78 is 0. The molecule has 1 atom stereocenters. The largest absolute Gasteiger partial charge is 0.508 e. The van der Waals surface area contributed by atoms with Crippen molar-refractivity contribution in [3.8, 4) is 5.75 Å². The summed E-state index contributed by atoms with van der Waals surface area (Å²) in [6.07, 6.45) is 0.239. The van der Waals surface area contributed by atoms with Crippen LogP contribution in [0.2, 0.25) is 0 Å². The molecule has 1 aromatic rings. The van der Waals surface area contributed by atoms with Gasteiger partial charge in [0.25, 0.3) is 5.91 Å². The number of aromatic hydroxyl groups is 1. The molecule has 0 aliphatic carbocycles. The number of amides is 2. The van der Waals surface area contributed by atoms with Gasteiger partial charge >= 0.3 is 0 Å². The van der Waals surface area contributed by atoms with Crippen LogP contribution in [0.4, 0.5) is 5.69 Å². The van der Waals surface area contributed by atoms with Gasteiger partial charge < -0.3 is 10.0 Å². The molecule has 22 heavy (non-hydrogen) atoms. The molecule has 2 saturated heterocycles. The molecule has 118 valence electrons. The third kappa shape index (κ3) is 2.60. The standard InChI is InChI=1S/C16H21N3O3/c1-11-9-12(20)3-4-13(11)19-15(21)10-14(16(19)22)18-7-5-17(2)6-8-18/h3-4,9,14,20H,5-8,10H2,1-2H3. The summed E-state index contributed by atoms with van der Waals surface area (Å²) in [5.74, 6) is -0.179. The quantitative estimate of drug-likeness (QED) is 0.810. The number of imide groups is 1. The van der Waals surface area contributed by atoms with E-state index in [1.807, 2.05) is 0 Å². The molecular formula is C16H21N3O3. The van der Waals surface area contributed by atoms with E-state index in [4.69, 9.17) is 0 Å². The van der Waals surface area contributed by atoms with E-state index in [1.54, 1.807) is 19.1 Å². The van der Waals surface area contributed by atoms with E-state index in [0.717, 1.165) is 31.7 Å². The van der Waals surface area contributed by atoms with Gasteiger partial charge in [-0.15, -0.1) is 0 Å². The number of aryl methyl sites for hydroxylation is 1. The zero-order valence-electron chi connectivity index (χ0n) is 13.0. The minimum Gasteiger partial charge on any atom is -0.508 e. The van der Waals surface area contributed by atoms with Crippen LogP contribution in [0.15, 0.2) is 18.2 Å². The minimum atomic E-state index is -0.352. The third-order valence-electron chi connectivity index (χ3n) is 4.52. The summed E-state index contributed by atoms with van der Waals surface area (Å²) in [7, 11) is 2.06. The Kier molecular flexibility index (Phi) is 3.88. The summed E-state index contributed by atoms with van der Waals surface area (Å²) in [6, 6.07) is 4.35. The van der Waals surface area contributed by atoms with Crippen molar-refractivity contribution in [1.29, 1.82) is 0 Å². The molecule has 3 rings (SSSR count). The lowest BCUT2D eigenvalue weighted by molar-refractivity contribution is -0.123. The first-order valence-electron chi connectivity index (χ1n) is 7.56. The highest BCUT2D eigenvalue weighted by Crippen LogP contribution is 2.30. The van der Waals surface area contributed by atoms with Gasteiger partial charge in [0, 0.05) is 26.2 Å². The SMILES string of the molecule is Cc1cc(O)ccc1N1C(=O)CC(N2CCN(C)CC2)C1=O. The molecule has 1 N–H and O–H groups in total. The van der Waals surface area contributed by atoms with Gasteiger partial charge in [0.2, 0.25) is 5.91 Å². The number of anilines is 1. The van der Waals surface area contributed by atoms with Crippen LogP contribution in [0, 0.1) is 6.92 Å². The van der Waals surface area contributed by atoms with Crippen LogP contribution >= 0.6 is 0 Å². The number of hydrogen-bond acceptors (Lipinski definition) is 5. The summed E-state index contributed by atoms with van der Waals surface area (Å²) >= 11 is 0. The van der Waals surface area contributed by atoms with Crippen LogP contribution in [0.3, 0.4) is 0 Å². The predicted octanol–water partition coefficient (Wildman–Crippen LogP) is 0.580. The van der Waals surface area contributed by atoms with Crippen molar-refractivity contribution >= 4 is 17.5 Å². The second kappa shape index (κ2) is 5.70. The molecule has 2 aliphatic heterocycles. The number of rotatable bonds is 2. The lowest BCUT2D eigenvalue weighted by Crippen LogP contribution is -2.51. The maximum absolute atomic E-state index is 12.7. The summed E-state index contributed by atoms with van der Waals surface area (Å²) in [5, 5.41) is 9.49. The fraction of sp³-hybridized carbons (Fsp3) is 0.500. The summed E-state index contributed by atoms with van der Waals surface area (Å²) in [4.78, 5) is 30.7. The lowest BCUT2D eigenvalue weighted by Gasteiger charge is -2.35. The third-order valence-corrected chi connectivity index (χ3v) is 4.52. The van der Waals surface area contributed by atoms with E-state index in [-0.39, 0.29) is 30.0 Å². The maximum Gasteiger partial charge on any atom is 0.251 e. The number of benzene rings is 1. The smallest absolute Gasteiger partial charge is 0.251 e.